The van der Waals surface area contributed by atoms with E-state index in [2.05, 4.69) is 27.8 Å². The standard InChI is InChI=1S/C25H29N3O3S/c1-3-31-25(30)16-20-15-24(28-22-12-8-7-11-21(22)27-20)32-17-23(29)26-18(2)13-14-19-9-5-4-6-10-19/h4-12,15,18,27H,3,13-14,16-17H2,1-2H3,(H,26,29)/t18-/m1/s1. The van der Waals surface area contributed by atoms with Crippen molar-refractivity contribution in [3.63, 3.8) is 0 Å². The zero-order chi connectivity index (χ0) is 22.8. The van der Waals surface area contributed by atoms with E-state index in [1.54, 1.807) is 6.92 Å². The van der Waals surface area contributed by atoms with E-state index in [4.69, 9.17) is 4.74 Å². The number of aliphatic imine (C=N–C) groups is 1. The molecular formula is C25H29N3O3S. The smallest absolute Gasteiger partial charge is 0.311 e. The molecule has 168 valence electrons. The molecule has 2 aromatic rings. The molecule has 0 saturated carbocycles. The normalized spacial score (nSPS) is 13.6. The Morgan fingerprint density at radius 1 is 1.12 bits per heavy atom. The molecule has 0 bridgehead atoms. The Morgan fingerprint density at radius 2 is 1.88 bits per heavy atom. The fourth-order valence-electron chi connectivity index (χ4n) is 3.28. The minimum Gasteiger partial charge on any atom is -0.466 e. The van der Waals surface area contributed by atoms with Gasteiger partial charge >= 0.3 is 5.97 Å². The molecule has 0 saturated heterocycles. The van der Waals surface area contributed by atoms with Crippen LogP contribution in [0.3, 0.4) is 0 Å². The van der Waals surface area contributed by atoms with Crippen LogP contribution >= 0.6 is 11.8 Å². The van der Waals surface area contributed by atoms with Crippen LogP contribution in [0.4, 0.5) is 11.4 Å². The topological polar surface area (TPSA) is 79.8 Å². The van der Waals surface area contributed by atoms with E-state index in [-0.39, 0.29) is 30.1 Å². The average Bonchev–Trinajstić information content (AvgIpc) is 2.95. The lowest BCUT2D eigenvalue weighted by molar-refractivity contribution is -0.142. The molecule has 0 fully saturated rings. The monoisotopic (exact) mass is 451 g/mol. The average molecular weight is 452 g/mol. The number of hydrogen-bond acceptors (Lipinski definition) is 6. The predicted octanol–water partition coefficient (Wildman–Crippen LogP) is 4.85. The lowest BCUT2D eigenvalue weighted by Crippen LogP contribution is -2.34. The van der Waals surface area contributed by atoms with E-state index in [1.807, 2.05) is 55.5 Å². The van der Waals surface area contributed by atoms with E-state index in [0.717, 1.165) is 24.2 Å². The highest BCUT2D eigenvalue weighted by Crippen LogP contribution is 2.31. The summed E-state index contributed by atoms with van der Waals surface area (Å²) in [5.41, 5.74) is 3.54. The first-order chi connectivity index (χ1) is 15.5. The van der Waals surface area contributed by atoms with Gasteiger partial charge in [-0.3, -0.25) is 9.59 Å². The Balaban J connectivity index is 1.57. The highest BCUT2D eigenvalue weighted by Gasteiger charge is 2.16. The molecule has 6 nitrogen and oxygen atoms in total. The third kappa shape index (κ3) is 7.57. The van der Waals surface area contributed by atoms with Crippen molar-refractivity contribution in [1.29, 1.82) is 0 Å². The number of anilines is 1. The van der Waals surface area contributed by atoms with Crippen molar-refractivity contribution in [3.05, 3.63) is 71.9 Å². The molecule has 0 radical (unpaired) electrons. The van der Waals surface area contributed by atoms with E-state index in [9.17, 15) is 9.59 Å². The molecule has 32 heavy (non-hydrogen) atoms. The maximum atomic E-state index is 12.5. The molecule has 2 aromatic carbocycles. The van der Waals surface area contributed by atoms with Crippen LogP contribution in [-0.2, 0) is 20.7 Å². The highest BCUT2D eigenvalue weighted by molar-refractivity contribution is 8.14. The second kappa shape index (κ2) is 12.1. The number of hydrogen-bond donors (Lipinski definition) is 2. The summed E-state index contributed by atoms with van der Waals surface area (Å²) >= 11 is 1.35. The molecule has 1 atom stereocenters. The van der Waals surface area contributed by atoms with Crippen LogP contribution in [0.5, 0.6) is 0 Å². The Kier molecular flexibility index (Phi) is 8.92. The fourth-order valence-corrected chi connectivity index (χ4v) is 4.03. The van der Waals surface area contributed by atoms with Crippen LogP contribution in [0, 0.1) is 0 Å². The Bertz CT molecular complexity index is 989. The zero-order valence-corrected chi connectivity index (χ0v) is 19.3. The second-order valence-corrected chi connectivity index (χ2v) is 8.52. The molecule has 0 spiro atoms. The number of amides is 1. The van der Waals surface area contributed by atoms with Crippen LogP contribution in [0.25, 0.3) is 0 Å². The molecule has 1 aliphatic heterocycles. The Morgan fingerprint density at radius 3 is 2.66 bits per heavy atom. The van der Waals surface area contributed by atoms with Crippen molar-refractivity contribution in [2.24, 2.45) is 4.99 Å². The number of para-hydroxylation sites is 2. The minimum atomic E-state index is -0.306. The summed E-state index contributed by atoms with van der Waals surface area (Å²) in [5.74, 6) is -0.0936. The van der Waals surface area contributed by atoms with Crippen molar-refractivity contribution < 1.29 is 14.3 Å². The summed E-state index contributed by atoms with van der Waals surface area (Å²) < 4.78 is 5.07. The number of esters is 1. The van der Waals surface area contributed by atoms with E-state index >= 15 is 0 Å². The van der Waals surface area contributed by atoms with Gasteiger partial charge in [-0.15, -0.1) is 0 Å². The summed E-state index contributed by atoms with van der Waals surface area (Å²) in [6.45, 7) is 4.14. The number of carbonyl (C=O) groups is 2. The number of fused-ring (bicyclic) bond motifs is 1. The molecule has 0 aromatic heterocycles. The van der Waals surface area contributed by atoms with Crippen LogP contribution in [0.1, 0.15) is 32.3 Å². The third-order valence-corrected chi connectivity index (χ3v) is 5.75. The van der Waals surface area contributed by atoms with E-state index in [0.29, 0.717) is 17.3 Å². The van der Waals surface area contributed by atoms with Gasteiger partial charge in [0, 0.05) is 11.7 Å². The van der Waals surface area contributed by atoms with Crippen LogP contribution < -0.4 is 10.6 Å². The first-order valence-corrected chi connectivity index (χ1v) is 11.8. The lowest BCUT2D eigenvalue weighted by Gasteiger charge is -2.14. The summed E-state index contributed by atoms with van der Waals surface area (Å²) in [5, 5.41) is 7.00. The molecular weight excluding hydrogens is 422 g/mol. The van der Waals surface area contributed by atoms with Gasteiger partial charge in [0.25, 0.3) is 0 Å². The molecule has 0 unspecified atom stereocenters. The molecule has 1 heterocycles. The predicted molar refractivity (Wildman–Crippen MR) is 131 cm³/mol. The fraction of sp³-hybridized carbons (Fsp3) is 0.320. The lowest BCUT2D eigenvalue weighted by atomic mass is 10.1. The first kappa shape index (κ1) is 23.6. The maximum Gasteiger partial charge on any atom is 0.311 e. The largest absolute Gasteiger partial charge is 0.466 e. The molecule has 3 rings (SSSR count). The van der Waals surface area contributed by atoms with Crippen LogP contribution in [0.15, 0.2) is 71.4 Å². The van der Waals surface area contributed by atoms with Crippen LogP contribution in [-0.4, -0.2) is 35.3 Å². The molecule has 1 aliphatic rings. The van der Waals surface area contributed by atoms with Gasteiger partial charge in [-0.25, -0.2) is 4.99 Å². The van der Waals surface area contributed by atoms with Crippen molar-refractivity contribution in [1.82, 2.24) is 5.32 Å². The Hall–Kier alpha value is -3.06. The van der Waals surface area contributed by atoms with Gasteiger partial charge in [0.15, 0.2) is 0 Å². The number of carbonyl (C=O) groups excluding carboxylic acids is 2. The number of aryl methyl sites for hydroxylation is 1. The first-order valence-electron chi connectivity index (χ1n) is 10.8. The van der Waals surface area contributed by atoms with Gasteiger partial charge in [-0.1, -0.05) is 54.2 Å². The van der Waals surface area contributed by atoms with Crippen molar-refractivity contribution in [3.8, 4) is 0 Å². The van der Waals surface area contributed by atoms with E-state index in [1.165, 1.54) is 17.3 Å². The van der Waals surface area contributed by atoms with Gasteiger partial charge in [0.05, 0.1) is 35.2 Å². The summed E-state index contributed by atoms with van der Waals surface area (Å²) in [6.07, 6.45) is 3.73. The molecule has 2 N–H and O–H groups in total. The van der Waals surface area contributed by atoms with Gasteiger partial charge in [0.1, 0.15) is 0 Å². The quantitative estimate of drug-likeness (QED) is 0.533. The summed E-state index contributed by atoms with van der Waals surface area (Å²) in [6, 6.07) is 18.0. The van der Waals surface area contributed by atoms with Crippen LogP contribution in [0.2, 0.25) is 0 Å². The van der Waals surface area contributed by atoms with Gasteiger partial charge in [-0.05, 0) is 50.5 Å². The van der Waals surface area contributed by atoms with Crippen molar-refractivity contribution >= 4 is 40.1 Å². The van der Waals surface area contributed by atoms with Crippen molar-refractivity contribution in [2.75, 3.05) is 17.7 Å². The Labute approximate surface area is 193 Å². The summed E-state index contributed by atoms with van der Waals surface area (Å²) in [4.78, 5) is 29.1. The number of nitrogens with one attached hydrogen (secondary N) is 2. The zero-order valence-electron chi connectivity index (χ0n) is 18.5. The second-order valence-electron chi connectivity index (χ2n) is 7.53. The van der Waals surface area contributed by atoms with Gasteiger partial charge in [-0.2, -0.15) is 0 Å². The molecule has 7 heteroatoms. The van der Waals surface area contributed by atoms with E-state index < -0.39 is 0 Å². The van der Waals surface area contributed by atoms with Crippen molar-refractivity contribution in [2.45, 2.75) is 39.2 Å². The number of ether oxygens (including phenoxy) is 1. The number of benzene rings is 2. The minimum absolute atomic E-state index is 0.0379. The SMILES string of the molecule is CCOC(=O)CC1=CC(SCC(=O)N[C@H](C)CCc2ccccc2)=Nc2ccccc2N1. The number of rotatable bonds is 9. The third-order valence-electron chi connectivity index (χ3n) is 4.84. The maximum absolute atomic E-state index is 12.5. The molecule has 1 amide bonds. The highest BCUT2D eigenvalue weighted by atomic mass is 32.2. The number of nitrogens with zero attached hydrogens (tertiary/aromatic N) is 1. The number of thioether (sulfide) groups is 1. The van der Waals surface area contributed by atoms with Gasteiger partial charge in [0.2, 0.25) is 5.91 Å². The van der Waals surface area contributed by atoms with Gasteiger partial charge < -0.3 is 15.4 Å². The summed E-state index contributed by atoms with van der Waals surface area (Å²) in [7, 11) is 0. The molecule has 0 aliphatic carbocycles.